The van der Waals surface area contributed by atoms with Crippen LogP contribution in [0.5, 0.6) is 0 Å². The van der Waals surface area contributed by atoms with Gasteiger partial charge in [-0.1, -0.05) is 0 Å². The molecule has 6 heteroatoms. The molecule has 0 aromatic carbocycles. The predicted octanol–water partition coefficient (Wildman–Crippen LogP) is 3.71. The molecule has 3 unspecified atom stereocenters. The third-order valence-corrected chi connectivity index (χ3v) is 7.35. The fraction of sp³-hybridized carbons (Fsp3) is 1.00. The molecule has 78 valence electrons. The van der Waals surface area contributed by atoms with E-state index >= 15 is 0 Å². The highest BCUT2D eigenvalue weighted by Gasteiger charge is 2.22. The zero-order valence-corrected chi connectivity index (χ0v) is 12.3. The van der Waals surface area contributed by atoms with Crippen molar-refractivity contribution in [3.05, 3.63) is 0 Å². The first kappa shape index (κ1) is 13.2. The highest BCUT2D eigenvalue weighted by molar-refractivity contribution is 8.38. The first-order valence-corrected chi connectivity index (χ1v) is 8.78. The number of thioether (sulfide) groups is 3. The Bertz CT molecular complexity index is 141. The van der Waals surface area contributed by atoms with Gasteiger partial charge in [-0.2, -0.15) is 37.9 Å². The second-order valence-corrected chi connectivity index (χ2v) is 9.68. The fourth-order valence-electron chi connectivity index (χ4n) is 0.994. The summed E-state index contributed by atoms with van der Waals surface area (Å²) in [5, 5.41) is 1.68. The van der Waals surface area contributed by atoms with E-state index in [0.29, 0.717) is 13.7 Å². The van der Waals surface area contributed by atoms with Crippen LogP contribution in [0.15, 0.2) is 0 Å². The second-order valence-electron chi connectivity index (χ2n) is 2.73. The molecular formula is C7H14S6. The van der Waals surface area contributed by atoms with Crippen molar-refractivity contribution in [3.63, 3.8) is 0 Å². The van der Waals surface area contributed by atoms with Crippen molar-refractivity contribution in [1.82, 2.24) is 0 Å². The molecular weight excluding hydrogens is 276 g/mol. The van der Waals surface area contributed by atoms with Gasteiger partial charge in [0.05, 0.1) is 8.50 Å². The van der Waals surface area contributed by atoms with Gasteiger partial charge in [0.15, 0.2) is 0 Å². The molecule has 0 aromatic rings. The van der Waals surface area contributed by atoms with E-state index in [-0.39, 0.29) is 0 Å². The lowest BCUT2D eigenvalue weighted by molar-refractivity contribution is 0.797. The van der Waals surface area contributed by atoms with Gasteiger partial charge in [-0.05, 0) is 18.6 Å². The highest BCUT2D eigenvalue weighted by Crippen LogP contribution is 2.45. The zero-order chi connectivity index (χ0) is 9.68. The first-order chi connectivity index (χ1) is 6.22. The molecule has 1 fully saturated rings. The summed E-state index contributed by atoms with van der Waals surface area (Å²) in [7, 11) is 0. The Morgan fingerprint density at radius 3 is 2.77 bits per heavy atom. The normalized spacial score (nSPS) is 31.6. The quantitative estimate of drug-likeness (QED) is 0.676. The van der Waals surface area contributed by atoms with Crippen LogP contribution in [-0.2, 0) is 0 Å². The lowest BCUT2D eigenvalue weighted by Crippen LogP contribution is -2.13. The van der Waals surface area contributed by atoms with Crippen LogP contribution in [0, 0.1) is 0 Å². The Labute approximate surface area is 110 Å². The number of rotatable bonds is 4. The maximum absolute atomic E-state index is 4.54. The molecule has 0 bridgehead atoms. The summed E-state index contributed by atoms with van der Waals surface area (Å²) < 4.78 is 1.15. The van der Waals surface area contributed by atoms with Gasteiger partial charge in [-0.25, -0.2) is 0 Å². The van der Waals surface area contributed by atoms with Crippen LogP contribution in [0.2, 0.25) is 0 Å². The maximum atomic E-state index is 4.54. The first-order valence-electron chi connectivity index (χ1n) is 4.08. The number of thiol groups is 3. The van der Waals surface area contributed by atoms with Crippen molar-refractivity contribution in [3.8, 4) is 0 Å². The van der Waals surface area contributed by atoms with Gasteiger partial charge in [0.2, 0.25) is 0 Å². The summed E-state index contributed by atoms with van der Waals surface area (Å²) in [5.41, 5.74) is 0. The van der Waals surface area contributed by atoms with Crippen molar-refractivity contribution in [2.24, 2.45) is 0 Å². The molecule has 1 heterocycles. The van der Waals surface area contributed by atoms with Gasteiger partial charge >= 0.3 is 0 Å². The minimum Gasteiger partial charge on any atom is -0.179 e. The molecule has 1 rings (SSSR count). The molecule has 0 amide bonds. The third-order valence-electron chi connectivity index (χ3n) is 1.66. The van der Waals surface area contributed by atoms with Crippen LogP contribution in [-0.4, -0.2) is 24.6 Å². The van der Waals surface area contributed by atoms with Crippen LogP contribution >= 0.6 is 73.2 Å². The molecule has 1 aliphatic rings. The Hall–Kier alpha value is 2.10. The summed E-state index contributed by atoms with van der Waals surface area (Å²) in [6.45, 7) is 0. The van der Waals surface area contributed by atoms with Crippen molar-refractivity contribution in [1.29, 1.82) is 0 Å². The SMILES string of the molecule is SCCC(S)CC1SCSC(S)S1. The van der Waals surface area contributed by atoms with E-state index in [4.69, 9.17) is 0 Å². The highest BCUT2D eigenvalue weighted by atomic mass is 32.3. The average Bonchev–Trinajstić information content (AvgIpc) is 2.04. The van der Waals surface area contributed by atoms with E-state index in [1.54, 1.807) is 0 Å². The molecule has 3 atom stereocenters. The molecule has 1 aliphatic heterocycles. The minimum atomic E-state index is 0.461. The largest absolute Gasteiger partial charge is 0.179 e. The van der Waals surface area contributed by atoms with Crippen LogP contribution in [0.1, 0.15) is 12.8 Å². The Morgan fingerprint density at radius 2 is 2.15 bits per heavy atom. The smallest absolute Gasteiger partial charge is 0.0947 e. The van der Waals surface area contributed by atoms with Crippen LogP contribution < -0.4 is 0 Å². The zero-order valence-electron chi connectivity index (χ0n) is 7.13. The van der Waals surface area contributed by atoms with Gasteiger partial charge in [0, 0.05) is 10.3 Å². The standard InChI is InChI=1S/C7H14S6/c8-2-1-5(9)3-6-11-4-12-7(10)13-6/h5-10H,1-4H2. The molecule has 0 spiro atoms. The van der Waals surface area contributed by atoms with Crippen LogP contribution in [0.25, 0.3) is 0 Å². The maximum Gasteiger partial charge on any atom is 0.0947 e. The molecule has 0 nitrogen and oxygen atoms in total. The molecule has 0 N–H and O–H groups in total. The van der Waals surface area contributed by atoms with E-state index in [2.05, 4.69) is 37.9 Å². The molecule has 0 aromatic heterocycles. The molecule has 0 saturated carbocycles. The number of hydrogen-bond acceptors (Lipinski definition) is 6. The van der Waals surface area contributed by atoms with E-state index in [9.17, 15) is 0 Å². The summed E-state index contributed by atoms with van der Waals surface area (Å²) in [6, 6.07) is 0. The summed E-state index contributed by atoms with van der Waals surface area (Å²) in [5.74, 6) is 0.940. The Kier molecular flexibility index (Phi) is 7.48. The van der Waals surface area contributed by atoms with Crippen molar-refractivity contribution in [2.75, 3.05) is 10.8 Å². The molecule has 1 saturated heterocycles. The monoisotopic (exact) mass is 290 g/mol. The van der Waals surface area contributed by atoms with Gasteiger partial charge < -0.3 is 0 Å². The van der Waals surface area contributed by atoms with E-state index < -0.39 is 0 Å². The second kappa shape index (κ2) is 7.39. The Balaban J connectivity index is 2.19. The molecule has 0 aliphatic carbocycles. The van der Waals surface area contributed by atoms with Crippen LogP contribution in [0.4, 0.5) is 0 Å². The van der Waals surface area contributed by atoms with Gasteiger partial charge in [0.25, 0.3) is 0 Å². The van der Waals surface area contributed by atoms with Gasteiger partial charge in [0.1, 0.15) is 0 Å². The van der Waals surface area contributed by atoms with Crippen molar-refractivity contribution in [2.45, 2.75) is 26.6 Å². The minimum absolute atomic E-state index is 0.461. The third kappa shape index (κ3) is 5.66. The topological polar surface area (TPSA) is 0 Å². The summed E-state index contributed by atoms with van der Waals surface area (Å²) in [6.07, 6.45) is 2.28. The predicted molar refractivity (Wildman–Crippen MR) is 80.1 cm³/mol. The summed E-state index contributed by atoms with van der Waals surface area (Å²) in [4.78, 5) is 0. The van der Waals surface area contributed by atoms with Crippen molar-refractivity contribution >= 4 is 73.2 Å². The fourth-order valence-corrected chi connectivity index (χ4v) is 8.30. The summed E-state index contributed by atoms with van der Waals surface area (Å²) >= 11 is 19.1. The average molecular weight is 291 g/mol. The number of hydrogen-bond donors (Lipinski definition) is 3. The van der Waals surface area contributed by atoms with Crippen molar-refractivity contribution < 1.29 is 0 Å². The molecule has 0 radical (unpaired) electrons. The van der Waals surface area contributed by atoms with Gasteiger partial charge in [-0.3, -0.25) is 0 Å². The lowest BCUT2D eigenvalue weighted by atomic mass is 10.3. The lowest BCUT2D eigenvalue weighted by Gasteiger charge is -2.26. The van der Waals surface area contributed by atoms with E-state index in [1.807, 2.05) is 35.3 Å². The Morgan fingerprint density at radius 1 is 1.38 bits per heavy atom. The van der Waals surface area contributed by atoms with Gasteiger partial charge in [-0.15, -0.1) is 35.3 Å². The molecule has 13 heavy (non-hydrogen) atoms. The van der Waals surface area contributed by atoms with E-state index in [1.165, 1.54) is 11.5 Å². The van der Waals surface area contributed by atoms with Crippen LogP contribution in [0.3, 0.4) is 0 Å². The van der Waals surface area contributed by atoms with E-state index in [0.717, 1.165) is 12.2 Å².